The first-order valence-electron chi connectivity index (χ1n) is 6.27. The molecule has 6 heteroatoms. The van der Waals surface area contributed by atoms with Gasteiger partial charge in [-0.2, -0.15) is 5.21 Å². The van der Waals surface area contributed by atoms with Crippen LogP contribution in [0.25, 0.3) is 0 Å². The number of hydrogen-bond acceptors (Lipinski definition) is 4. The number of tetrazole rings is 1. The highest BCUT2D eigenvalue weighted by molar-refractivity contribution is 5.94. The third kappa shape index (κ3) is 3.61. The maximum absolute atomic E-state index is 11.9. The van der Waals surface area contributed by atoms with Crippen LogP contribution < -0.4 is 5.32 Å². The fourth-order valence-corrected chi connectivity index (χ4v) is 1.70. The molecule has 0 atom stereocenters. The number of benzene rings is 1. The second kappa shape index (κ2) is 6.08. The maximum atomic E-state index is 11.9. The van der Waals surface area contributed by atoms with Crippen molar-refractivity contribution in [3.8, 4) is 0 Å². The molecule has 0 unspecified atom stereocenters. The normalized spacial score (nSPS) is 10.7. The Morgan fingerprint density at radius 3 is 2.63 bits per heavy atom. The Kier molecular flexibility index (Phi) is 4.22. The first kappa shape index (κ1) is 13.2. The van der Waals surface area contributed by atoms with Gasteiger partial charge in [0.25, 0.3) is 5.91 Å². The van der Waals surface area contributed by atoms with Crippen molar-refractivity contribution < 1.29 is 4.79 Å². The van der Waals surface area contributed by atoms with Crippen LogP contribution in [0.2, 0.25) is 0 Å². The van der Waals surface area contributed by atoms with Gasteiger partial charge in [0, 0.05) is 18.5 Å². The Hall–Kier alpha value is -2.24. The van der Waals surface area contributed by atoms with Crippen LogP contribution in [-0.2, 0) is 6.42 Å². The van der Waals surface area contributed by atoms with E-state index in [0.717, 1.165) is 0 Å². The molecular weight excluding hydrogens is 242 g/mol. The highest BCUT2D eigenvalue weighted by Crippen LogP contribution is 2.14. The highest BCUT2D eigenvalue weighted by atomic mass is 16.1. The SMILES string of the molecule is CC(C)c1ccc(C(=O)NCCc2nn[nH]n2)cc1. The van der Waals surface area contributed by atoms with Crippen LogP contribution >= 0.6 is 0 Å². The fraction of sp³-hybridized carbons (Fsp3) is 0.385. The lowest BCUT2D eigenvalue weighted by atomic mass is 10.0. The Labute approximate surface area is 111 Å². The summed E-state index contributed by atoms with van der Waals surface area (Å²) in [4.78, 5) is 11.9. The van der Waals surface area contributed by atoms with Crippen molar-refractivity contribution in [1.29, 1.82) is 0 Å². The number of nitrogens with zero attached hydrogens (tertiary/aromatic N) is 3. The van der Waals surface area contributed by atoms with Crippen molar-refractivity contribution in [2.24, 2.45) is 0 Å². The molecular formula is C13H17N5O. The standard InChI is InChI=1S/C13H17N5O/c1-9(2)10-3-5-11(6-4-10)13(19)14-8-7-12-15-17-18-16-12/h3-6,9H,7-8H2,1-2H3,(H,14,19)(H,15,16,17,18). The second-order valence-corrected chi connectivity index (χ2v) is 4.61. The number of amides is 1. The zero-order valence-electron chi connectivity index (χ0n) is 11.1. The summed E-state index contributed by atoms with van der Waals surface area (Å²) in [6.45, 7) is 4.74. The van der Waals surface area contributed by atoms with Gasteiger partial charge in [-0.05, 0) is 23.6 Å². The highest BCUT2D eigenvalue weighted by Gasteiger charge is 2.06. The van der Waals surface area contributed by atoms with Gasteiger partial charge in [0.05, 0.1) is 0 Å². The van der Waals surface area contributed by atoms with Gasteiger partial charge in [0.15, 0.2) is 5.82 Å². The van der Waals surface area contributed by atoms with Crippen LogP contribution in [0.3, 0.4) is 0 Å². The molecule has 0 spiro atoms. The van der Waals surface area contributed by atoms with Gasteiger partial charge in [-0.1, -0.05) is 31.2 Å². The number of aromatic amines is 1. The van der Waals surface area contributed by atoms with Gasteiger partial charge in [-0.3, -0.25) is 4.79 Å². The third-order valence-electron chi connectivity index (χ3n) is 2.86. The number of nitrogens with one attached hydrogen (secondary N) is 2. The molecule has 0 bridgehead atoms. The van der Waals surface area contributed by atoms with E-state index < -0.39 is 0 Å². The minimum Gasteiger partial charge on any atom is -0.352 e. The van der Waals surface area contributed by atoms with Gasteiger partial charge < -0.3 is 5.32 Å². The molecule has 2 rings (SSSR count). The van der Waals surface area contributed by atoms with Crippen molar-refractivity contribution in [2.45, 2.75) is 26.2 Å². The molecule has 0 radical (unpaired) electrons. The van der Waals surface area contributed by atoms with Crippen LogP contribution in [0.15, 0.2) is 24.3 Å². The average molecular weight is 259 g/mol. The minimum atomic E-state index is -0.0844. The van der Waals surface area contributed by atoms with E-state index in [2.05, 4.69) is 39.8 Å². The Bertz CT molecular complexity index is 518. The van der Waals surface area contributed by atoms with Crippen LogP contribution in [0.4, 0.5) is 0 Å². The van der Waals surface area contributed by atoms with Crippen LogP contribution in [0.1, 0.15) is 41.5 Å². The summed E-state index contributed by atoms with van der Waals surface area (Å²) >= 11 is 0. The van der Waals surface area contributed by atoms with E-state index in [1.54, 1.807) is 0 Å². The van der Waals surface area contributed by atoms with E-state index in [0.29, 0.717) is 30.3 Å². The zero-order valence-corrected chi connectivity index (χ0v) is 11.1. The van der Waals surface area contributed by atoms with Gasteiger partial charge in [-0.15, -0.1) is 10.2 Å². The Morgan fingerprint density at radius 1 is 1.32 bits per heavy atom. The molecule has 1 aromatic carbocycles. The summed E-state index contributed by atoms with van der Waals surface area (Å²) in [6, 6.07) is 7.66. The summed E-state index contributed by atoms with van der Waals surface area (Å²) in [7, 11) is 0. The monoisotopic (exact) mass is 259 g/mol. The largest absolute Gasteiger partial charge is 0.352 e. The number of rotatable bonds is 5. The topological polar surface area (TPSA) is 83.6 Å². The first-order valence-corrected chi connectivity index (χ1v) is 6.27. The van der Waals surface area contributed by atoms with Crippen molar-refractivity contribution in [2.75, 3.05) is 6.54 Å². The van der Waals surface area contributed by atoms with Crippen molar-refractivity contribution in [3.05, 3.63) is 41.2 Å². The molecule has 2 N–H and O–H groups in total. The van der Waals surface area contributed by atoms with Gasteiger partial charge in [-0.25, -0.2) is 0 Å². The van der Waals surface area contributed by atoms with Crippen molar-refractivity contribution in [3.63, 3.8) is 0 Å². The number of carbonyl (C=O) groups excluding carboxylic acids is 1. The molecule has 1 aromatic heterocycles. The Balaban J connectivity index is 1.85. The van der Waals surface area contributed by atoms with Crippen LogP contribution in [0.5, 0.6) is 0 Å². The molecule has 100 valence electrons. The van der Waals surface area contributed by atoms with E-state index in [9.17, 15) is 4.79 Å². The average Bonchev–Trinajstić information content (AvgIpc) is 2.92. The molecule has 0 aliphatic carbocycles. The van der Waals surface area contributed by atoms with Gasteiger partial charge >= 0.3 is 0 Å². The van der Waals surface area contributed by atoms with Crippen LogP contribution in [-0.4, -0.2) is 33.1 Å². The zero-order chi connectivity index (χ0) is 13.7. The van der Waals surface area contributed by atoms with E-state index in [1.807, 2.05) is 24.3 Å². The summed E-state index contributed by atoms with van der Waals surface area (Å²) in [5, 5.41) is 16.3. The molecule has 2 aromatic rings. The molecule has 0 saturated carbocycles. The van der Waals surface area contributed by atoms with E-state index in [4.69, 9.17) is 0 Å². The molecule has 1 amide bonds. The van der Waals surface area contributed by atoms with Gasteiger partial charge in [0.2, 0.25) is 0 Å². The predicted octanol–water partition coefficient (Wildman–Crippen LogP) is 1.30. The fourth-order valence-electron chi connectivity index (χ4n) is 1.70. The lowest BCUT2D eigenvalue weighted by Gasteiger charge is -2.07. The second-order valence-electron chi connectivity index (χ2n) is 4.61. The van der Waals surface area contributed by atoms with Crippen LogP contribution in [0, 0.1) is 0 Å². The molecule has 1 heterocycles. The number of aromatic nitrogens is 4. The lowest BCUT2D eigenvalue weighted by Crippen LogP contribution is -2.25. The molecule has 0 aliphatic heterocycles. The molecule has 0 fully saturated rings. The summed E-state index contributed by atoms with van der Waals surface area (Å²) in [5.41, 5.74) is 1.89. The number of carbonyl (C=O) groups is 1. The smallest absolute Gasteiger partial charge is 0.251 e. The number of H-pyrrole nitrogens is 1. The lowest BCUT2D eigenvalue weighted by molar-refractivity contribution is 0.0954. The van der Waals surface area contributed by atoms with E-state index in [1.165, 1.54) is 5.56 Å². The summed E-state index contributed by atoms with van der Waals surface area (Å²) < 4.78 is 0. The molecule has 0 aliphatic rings. The summed E-state index contributed by atoms with van der Waals surface area (Å²) in [6.07, 6.45) is 0.562. The molecule has 19 heavy (non-hydrogen) atoms. The first-order chi connectivity index (χ1) is 9.16. The van der Waals surface area contributed by atoms with Crippen molar-refractivity contribution >= 4 is 5.91 Å². The third-order valence-corrected chi connectivity index (χ3v) is 2.86. The van der Waals surface area contributed by atoms with E-state index >= 15 is 0 Å². The molecule has 6 nitrogen and oxygen atoms in total. The minimum absolute atomic E-state index is 0.0844. The summed E-state index contributed by atoms with van der Waals surface area (Å²) in [5.74, 6) is 0.976. The maximum Gasteiger partial charge on any atom is 0.251 e. The quantitative estimate of drug-likeness (QED) is 0.847. The van der Waals surface area contributed by atoms with Gasteiger partial charge in [0.1, 0.15) is 0 Å². The van der Waals surface area contributed by atoms with E-state index in [-0.39, 0.29) is 5.91 Å². The molecule has 0 saturated heterocycles. The van der Waals surface area contributed by atoms with Crippen molar-refractivity contribution in [1.82, 2.24) is 25.9 Å². The Morgan fingerprint density at radius 2 is 2.05 bits per heavy atom. The predicted molar refractivity (Wildman–Crippen MR) is 70.7 cm³/mol. The number of hydrogen-bond donors (Lipinski definition) is 2.